The summed E-state index contributed by atoms with van der Waals surface area (Å²) >= 11 is 0. The van der Waals surface area contributed by atoms with E-state index < -0.39 is 0 Å². The number of carbonyl (C=O) groups is 2. The Morgan fingerprint density at radius 2 is 1.65 bits per heavy atom. The van der Waals surface area contributed by atoms with Crippen LogP contribution >= 0.6 is 0 Å². The zero-order chi connectivity index (χ0) is 19.2. The smallest absolute Gasteiger partial charge is 0.242 e. The first-order chi connectivity index (χ1) is 12.6. The van der Waals surface area contributed by atoms with E-state index in [2.05, 4.69) is 17.1 Å². The third-order valence-corrected chi connectivity index (χ3v) is 5.20. The number of unbranched alkanes of at least 4 members (excludes halogenated alkanes) is 7. The highest BCUT2D eigenvalue weighted by Crippen LogP contribution is 2.20. The van der Waals surface area contributed by atoms with Crippen molar-refractivity contribution in [3.63, 3.8) is 0 Å². The van der Waals surface area contributed by atoms with Crippen LogP contribution in [-0.2, 0) is 9.59 Å². The predicted octanol–water partition coefficient (Wildman–Crippen LogP) is 3.58. The second-order valence-corrected chi connectivity index (χ2v) is 7.92. The molecule has 1 saturated heterocycles. The molecule has 152 valence electrons. The van der Waals surface area contributed by atoms with E-state index >= 15 is 0 Å². The molecule has 0 bridgehead atoms. The Kier molecular flexibility index (Phi) is 12.4. The summed E-state index contributed by atoms with van der Waals surface area (Å²) in [6.07, 6.45) is 13.2. The summed E-state index contributed by atoms with van der Waals surface area (Å²) < 4.78 is 0. The van der Waals surface area contributed by atoms with E-state index in [1.807, 2.05) is 19.0 Å². The molecule has 26 heavy (non-hydrogen) atoms. The van der Waals surface area contributed by atoms with Crippen molar-refractivity contribution in [3.05, 3.63) is 0 Å². The molecule has 5 nitrogen and oxygen atoms in total. The Bertz CT molecular complexity index is 399. The minimum atomic E-state index is -0.240. The molecule has 1 atom stereocenters. The number of nitrogens with one attached hydrogen (secondary N) is 1. The lowest BCUT2D eigenvalue weighted by Crippen LogP contribution is -2.46. The molecule has 0 saturated carbocycles. The van der Waals surface area contributed by atoms with Crippen molar-refractivity contribution in [1.29, 1.82) is 0 Å². The number of nitrogens with zero attached hydrogens (tertiary/aromatic N) is 2. The minimum absolute atomic E-state index is 0.0329. The molecule has 1 aliphatic heterocycles. The summed E-state index contributed by atoms with van der Waals surface area (Å²) in [5.41, 5.74) is 0. The van der Waals surface area contributed by atoms with Gasteiger partial charge in [0.25, 0.3) is 0 Å². The van der Waals surface area contributed by atoms with Gasteiger partial charge in [-0.3, -0.25) is 9.59 Å². The van der Waals surface area contributed by atoms with Gasteiger partial charge >= 0.3 is 0 Å². The number of amides is 2. The van der Waals surface area contributed by atoms with Gasteiger partial charge in [0.15, 0.2) is 0 Å². The summed E-state index contributed by atoms with van der Waals surface area (Å²) in [4.78, 5) is 28.8. The van der Waals surface area contributed by atoms with Crippen LogP contribution in [0.5, 0.6) is 0 Å². The lowest BCUT2D eigenvalue weighted by molar-refractivity contribution is -0.138. The molecule has 1 fully saturated rings. The number of rotatable bonds is 14. The molecule has 1 heterocycles. The lowest BCUT2D eigenvalue weighted by atomic mass is 10.1. The van der Waals surface area contributed by atoms with Crippen molar-refractivity contribution in [3.8, 4) is 0 Å². The molecule has 0 aromatic carbocycles. The molecule has 1 unspecified atom stereocenters. The van der Waals surface area contributed by atoms with Gasteiger partial charge in [-0.25, -0.2) is 0 Å². The fourth-order valence-electron chi connectivity index (χ4n) is 3.62. The van der Waals surface area contributed by atoms with E-state index in [9.17, 15) is 9.59 Å². The van der Waals surface area contributed by atoms with Gasteiger partial charge in [0.1, 0.15) is 6.04 Å². The largest absolute Gasteiger partial charge is 0.354 e. The first-order valence-corrected chi connectivity index (χ1v) is 10.8. The molecular formula is C21H41N3O2. The molecule has 1 rings (SSSR count). The Hall–Kier alpha value is -1.10. The van der Waals surface area contributed by atoms with E-state index in [4.69, 9.17) is 0 Å². The van der Waals surface area contributed by atoms with Gasteiger partial charge in [0.05, 0.1) is 0 Å². The van der Waals surface area contributed by atoms with Crippen LogP contribution in [0.4, 0.5) is 0 Å². The van der Waals surface area contributed by atoms with E-state index in [-0.39, 0.29) is 17.9 Å². The van der Waals surface area contributed by atoms with Gasteiger partial charge < -0.3 is 15.1 Å². The molecule has 1 aliphatic rings. The third-order valence-electron chi connectivity index (χ3n) is 5.20. The number of hydrogen-bond donors (Lipinski definition) is 1. The van der Waals surface area contributed by atoms with Crippen LogP contribution in [0.25, 0.3) is 0 Å². The molecule has 1 N–H and O–H groups in total. The maximum absolute atomic E-state index is 12.5. The summed E-state index contributed by atoms with van der Waals surface area (Å²) in [5.74, 6) is 0.201. The zero-order valence-electron chi connectivity index (χ0n) is 17.4. The normalized spacial score (nSPS) is 17.1. The standard InChI is InChI=1S/C21H41N3O2/c1-4-5-6-7-8-9-10-11-15-20(25)24-18-12-14-19(24)21(26)22-16-13-17-23(2)3/h19H,4-18H2,1-3H3,(H,22,26). The van der Waals surface area contributed by atoms with Crippen LogP contribution in [0.3, 0.4) is 0 Å². The first-order valence-electron chi connectivity index (χ1n) is 10.8. The molecule has 0 aromatic heterocycles. The maximum Gasteiger partial charge on any atom is 0.242 e. The van der Waals surface area contributed by atoms with Gasteiger partial charge in [-0.15, -0.1) is 0 Å². The van der Waals surface area contributed by atoms with Gasteiger partial charge in [-0.1, -0.05) is 51.9 Å². The van der Waals surface area contributed by atoms with Crippen LogP contribution < -0.4 is 5.32 Å². The fraction of sp³-hybridized carbons (Fsp3) is 0.905. The van der Waals surface area contributed by atoms with Crippen LogP contribution in [0.1, 0.15) is 84.0 Å². The molecule has 0 aliphatic carbocycles. The number of hydrogen-bond acceptors (Lipinski definition) is 3. The van der Waals surface area contributed by atoms with Crippen molar-refractivity contribution in [2.45, 2.75) is 90.0 Å². The lowest BCUT2D eigenvalue weighted by Gasteiger charge is -2.24. The van der Waals surface area contributed by atoms with E-state index in [0.29, 0.717) is 13.0 Å². The highest BCUT2D eigenvalue weighted by Gasteiger charge is 2.33. The Morgan fingerprint density at radius 3 is 2.31 bits per heavy atom. The van der Waals surface area contributed by atoms with Crippen molar-refractivity contribution in [2.24, 2.45) is 0 Å². The second-order valence-electron chi connectivity index (χ2n) is 7.92. The first kappa shape index (κ1) is 22.9. The third kappa shape index (κ3) is 9.56. The summed E-state index contributed by atoms with van der Waals surface area (Å²) in [5, 5.41) is 3.01. The summed E-state index contributed by atoms with van der Waals surface area (Å²) in [6, 6.07) is -0.240. The fourth-order valence-corrected chi connectivity index (χ4v) is 3.62. The molecule has 0 aromatic rings. The highest BCUT2D eigenvalue weighted by molar-refractivity contribution is 5.88. The van der Waals surface area contributed by atoms with E-state index in [0.717, 1.165) is 45.2 Å². The van der Waals surface area contributed by atoms with Gasteiger partial charge in [0, 0.05) is 19.5 Å². The minimum Gasteiger partial charge on any atom is -0.354 e. The number of carbonyl (C=O) groups excluding carboxylic acids is 2. The topological polar surface area (TPSA) is 52.7 Å². The average molecular weight is 368 g/mol. The van der Waals surface area contributed by atoms with E-state index in [1.54, 1.807) is 0 Å². The van der Waals surface area contributed by atoms with Crippen LogP contribution in [0, 0.1) is 0 Å². The molecule has 2 amide bonds. The predicted molar refractivity (Wildman–Crippen MR) is 108 cm³/mol. The summed E-state index contributed by atoms with van der Waals surface area (Å²) in [6.45, 7) is 4.63. The monoisotopic (exact) mass is 367 g/mol. The van der Waals surface area contributed by atoms with Crippen molar-refractivity contribution >= 4 is 11.8 Å². The molecule has 0 spiro atoms. The molecule has 5 heteroatoms. The second kappa shape index (κ2) is 14.0. The average Bonchev–Trinajstić information content (AvgIpc) is 3.10. The molecule has 0 radical (unpaired) electrons. The Morgan fingerprint density at radius 1 is 1.00 bits per heavy atom. The Labute approximate surface area is 160 Å². The van der Waals surface area contributed by atoms with Gasteiger partial charge in [-0.05, 0) is 46.3 Å². The maximum atomic E-state index is 12.5. The molecular weight excluding hydrogens is 326 g/mol. The number of likely N-dealkylation sites (tertiary alicyclic amines) is 1. The van der Waals surface area contributed by atoms with Crippen LogP contribution in [-0.4, -0.2) is 61.4 Å². The van der Waals surface area contributed by atoms with Gasteiger partial charge in [-0.2, -0.15) is 0 Å². The van der Waals surface area contributed by atoms with Crippen molar-refractivity contribution in [1.82, 2.24) is 15.1 Å². The van der Waals surface area contributed by atoms with E-state index in [1.165, 1.54) is 38.5 Å². The van der Waals surface area contributed by atoms with Crippen LogP contribution in [0.15, 0.2) is 0 Å². The van der Waals surface area contributed by atoms with Crippen molar-refractivity contribution < 1.29 is 9.59 Å². The van der Waals surface area contributed by atoms with Gasteiger partial charge in [0.2, 0.25) is 11.8 Å². The zero-order valence-corrected chi connectivity index (χ0v) is 17.4. The SMILES string of the molecule is CCCCCCCCCCC(=O)N1CCCC1C(=O)NCCCN(C)C. The Balaban J connectivity index is 2.18. The van der Waals surface area contributed by atoms with Crippen molar-refractivity contribution in [2.75, 3.05) is 33.7 Å². The summed E-state index contributed by atoms with van der Waals surface area (Å²) in [7, 11) is 4.06. The quantitative estimate of drug-likeness (QED) is 0.478. The van der Waals surface area contributed by atoms with Crippen LogP contribution in [0.2, 0.25) is 0 Å². The highest BCUT2D eigenvalue weighted by atomic mass is 16.2.